The summed E-state index contributed by atoms with van der Waals surface area (Å²) in [7, 11) is 0. The molecule has 0 unspecified atom stereocenters. The van der Waals surface area contributed by atoms with Gasteiger partial charge in [-0.1, -0.05) is 0 Å². The van der Waals surface area contributed by atoms with Crippen LogP contribution in [0, 0.1) is 0 Å². The number of nitrogens with one attached hydrogen (secondary N) is 1. The van der Waals surface area contributed by atoms with E-state index in [0.717, 1.165) is 0 Å². The van der Waals surface area contributed by atoms with E-state index in [2.05, 4.69) is 19.9 Å². The van der Waals surface area contributed by atoms with E-state index in [1.54, 1.807) is 0 Å². The highest BCUT2D eigenvalue weighted by molar-refractivity contribution is 6.28. The van der Waals surface area contributed by atoms with Crippen LogP contribution in [-0.4, -0.2) is 39.3 Å². The van der Waals surface area contributed by atoms with Gasteiger partial charge < -0.3 is 14.5 Å². The van der Waals surface area contributed by atoms with Crippen molar-refractivity contribution in [3.05, 3.63) is 11.6 Å². The summed E-state index contributed by atoms with van der Waals surface area (Å²) >= 11 is 5.76. The number of H-pyrrole nitrogens is 1. The maximum Gasteiger partial charge on any atom is 0.244 e. The molecule has 0 fully saturated rings. The highest BCUT2D eigenvalue weighted by atomic mass is 35.5. The van der Waals surface area contributed by atoms with Gasteiger partial charge in [0, 0.05) is 0 Å². The Morgan fingerprint density at radius 3 is 2.94 bits per heavy atom. The zero-order valence-corrected chi connectivity index (χ0v) is 10.4. The quantitative estimate of drug-likeness (QED) is 0.652. The van der Waals surface area contributed by atoms with E-state index in [9.17, 15) is 0 Å². The normalized spacial score (nSPS) is 11.3. The van der Waals surface area contributed by atoms with E-state index in [-0.39, 0.29) is 11.4 Å². The van der Waals surface area contributed by atoms with Gasteiger partial charge in [-0.25, -0.2) is 4.98 Å². The van der Waals surface area contributed by atoms with Crippen molar-refractivity contribution in [2.24, 2.45) is 0 Å². The van der Waals surface area contributed by atoms with Crippen LogP contribution in [0.2, 0.25) is 5.28 Å². The molecule has 2 aromatic rings. The van der Waals surface area contributed by atoms with Crippen molar-refractivity contribution < 1.29 is 9.47 Å². The summed E-state index contributed by atoms with van der Waals surface area (Å²) in [5.74, 6) is 0.393. The molecule has 2 aromatic heterocycles. The Morgan fingerprint density at radius 1 is 1.35 bits per heavy atom. The van der Waals surface area contributed by atoms with Crippen LogP contribution in [0.4, 0.5) is 0 Å². The number of fused-ring (bicyclic) bond motifs is 1. The van der Waals surface area contributed by atoms with Crippen LogP contribution < -0.4 is 4.74 Å². The number of aromatic nitrogens is 4. The van der Waals surface area contributed by atoms with E-state index in [1.165, 1.54) is 6.33 Å². The third-order valence-electron chi connectivity index (χ3n) is 2.00. The van der Waals surface area contributed by atoms with Crippen molar-refractivity contribution in [1.82, 2.24) is 19.9 Å². The smallest absolute Gasteiger partial charge is 0.244 e. The molecule has 0 atom stereocenters. The molecule has 0 spiro atoms. The van der Waals surface area contributed by atoms with Gasteiger partial charge in [-0.2, -0.15) is 9.97 Å². The lowest BCUT2D eigenvalue weighted by molar-refractivity contribution is 0.0546. The van der Waals surface area contributed by atoms with Crippen LogP contribution in [0.5, 0.6) is 5.88 Å². The second-order valence-corrected chi connectivity index (χ2v) is 4.01. The minimum absolute atomic E-state index is 0.115. The number of halogens is 1. The SMILES string of the molecule is CC(C)OCCOc1nc(Cl)nc2nc[nH]c12. The average molecular weight is 257 g/mol. The Morgan fingerprint density at radius 2 is 2.18 bits per heavy atom. The van der Waals surface area contributed by atoms with Gasteiger partial charge in [0.2, 0.25) is 11.2 Å². The van der Waals surface area contributed by atoms with Crippen molar-refractivity contribution in [3.8, 4) is 5.88 Å². The molecule has 1 N–H and O–H groups in total. The third-order valence-corrected chi connectivity index (χ3v) is 2.17. The fourth-order valence-electron chi connectivity index (χ4n) is 1.31. The van der Waals surface area contributed by atoms with Gasteiger partial charge in [-0.05, 0) is 25.4 Å². The molecule has 0 saturated heterocycles. The highest BCUT2D eigenvalue weighted by Crippen LogP contribution is 2.20. The molecular weight excluding hydrogens is 244 g/mol. The lowest BCUT2D eigenvalue weighted by Gasteiger charge is -2.08. The van der Waals surface area contributed by atoms with Gasteiger partial charge in [0.05, 0.1) is 19.0 Å². The Balaban J connectivity index is 2.04. The molecule has 7 heteroatoms. The number of rotatable bonds is 5. The lowest BCUT2D eigenvalue weighted by Crippen LogP contribution is -2.12. The van der Waals surface area contributed by atoms with Crippen LogP contribution in [0.15, 0.2) is 6.33 Å². The van der Waals surface area contributed by atoms with E-state index < -0.39 is 0 Å². The zero-order valence-electron chi connectivity index (χ0n) is 9.61. The second-order valence-electron chi connectivity index (χ2n) is 3.67. The summed E-state index contributed by atoms with van der Waals surface area (Å²) in [6, 6.07) is 0. The van der Waals surface area contributed by atoms with E-state index in [0.29, 0.717) is 30.3 Å². The van der Waals surface area contributed by atoms with E-state index in [4.69, 9.17) is 21.1 Å². The van der Waals surface area contributed by atoms with E-state index >= 15 is 0 Å². The Bertz CT molecular complexity index is 500. The molecule has 0 aliphatic heterocycles. The molecule has 0 amide bonds. The molecule has 0 aromatic carbocycles. The maximum atomic E-state index is 5.76. The van der Waals surface area contributed by atoms with Crippen LogP contribution in [0.25, 0.3) is 11.2 Å². The zero-order chi connectivity index (χ0) is 12.3. The van der Waals surface area contributed by atoms with Crippen LogP contribution >= 0.6 is 11.6 Å². The second kappa shape index (κ2) is 5.29. The molecule has 0 aliphatic carbocycles. The fraction of sp³-hybridized carbons (Fsp3) is 0.500. The summed E-state index contributed by atoms with van der Waals surface area (Å²) in [5.41, 5.74) is 1.13. The number of hydrogen-bond donors (Lipinski definition) is 1. The number of nitrogens with zero attached hydrogens (tertiary/aromatic N) is 3. The predicted molar refractivity (Wildman–Crippen MR) is 63.3 cm³/mol. The fourth-order valence-corrected chi connectivity index (χ4v) is 1.46. The molecule has 0 saturated carbocycles. The summed E-state index contributed by atoms with van der Waals surface area (Å²) in [5, 5.41) is 0.115. The molecule has 17 heavy (non-hydrogen) atoms. The maximum absolute atomic E-state index is 5.76. The number of hydrogen-bond acceptors (Lipinski definition) is 5. The first-order valence-corrected chi connectivity index (χ1v) is 5.65. The number of ether oxygens (including phenoxy) is 2. The summed E-state index contributed by atoms with van der Waals surface area (Å²) in [4.78, 5) is 14.8. The topological polar surface area (TPSA) is 72.9 Å². The van der Waals surface area contributed by atoms with Gasteiger partial charge in [0.25, 0.3) is 0 Å². The van der Waals surface area contributed by atoms with E-state index in [1.807, 2.05) is 13.8 Å². The lowest BCUT2D eigenvalue weighted by atomic mass is 10.5. The van der Waals surface area contributed by atoms with Gasteiger partial charge in [-0.15, -0.1) is 0 Å². The van der Waals surface area contributed by atoms with Crippen LogP contribution in [-0.2, 0) is 4.74 Å². The summed E-state index contributed by atoms with van der Waals surface area (Å²) in [6.07, 6.45) is 1.70. The summed E-state index contributed by atoms with van der Waals surface area (Å²) < 4.78 is 10.8. The molecule has 0 radical (unpaired) electrons. The van der Waals surface area contributed by atoms with Crippen LogP contribution in [0.3, 0.4) is 0 Å². The van der Waals surface area contributed by atoms with Gasteiger partial charge in [0.15, 0.2) is 5.65 Å². The van der Waals surface area contributed by atoms with Crippen LogP contribution in [0.1, 0.15) is 13.8 Å². The van der Waals surface area contributed by atoms with Crippen molar-refractivity contribution in [2.75, 3.05) is 13.2 Å². The first-order valence-electron chi connectivity index (χ1n) is 5.28. The molecule has 0 bridgehead atoms. The van der Waals surface area contributed by atoms with Crippen molar-refractivity contribution in [3.63, 3.8) is 0 Å². The van der Waals surface area contributed by atoms with Crippen molar-refractivity contribution in [2.45, 2.75) is 20.0 Å². The highest BCUT2D eigenvalue weighted by Gasteiger charge is 2.09. The Labute approximate surface area is 103 Å². The monoisotopic (exact) mass is 256 g/mol. The first-order chi connectivity index (χ1) is 8.16. The van der Waals surface area contributed by atoms with Gasteiger partial charge >= 0.3 is 0 Å². The molecule has 92 valence electrons. The Kier molecular flexibility index (Phi) is 3.75. The first kappa shape index (κ1) is 12.1. The average Bonchev–Trinajstić information content (AvgIpc) is 2.71. The molecular formula is C10H13ClN4O2. The molecule has 0 aliphatic rings. The summed E-state index contributed by atoms with van der Waals surface area (Å²) in [6.45, 7) is 4.83. The number of imidazole rings is 1. The van der Waals surface area contributed by atoms with Crippen molar-refractivity contribution in [1.29, 1.82) is 0 Å². The number of aromatic amines is 1. The van der Waals surface area contributed by atoms with Gasteiger partial charge in [-0.3, -0.25) is 0 Å². The molecule has 6 nitrogen and oxygen atoms in total. The standard InChI is InChI=1S/C10H13ClN4O2/c1-6(2)16-3-4-17-9-7-8(13-5-12-7)14-10(11)15-9/h5-6H,3-4H2,1-2H3,(H,12,13,14,15). The molecule has 2 rings (SSSR count). The third kappa shape index (κ3) is 3.04. The van der Waals surface area contributed by atoms with Gasteiger partial charge in [0.1, 0.15) is 12.1 Å². The predicted octanol–water partition coefficient (Wildman–Crippen LogP) is 1.81. The minimum atomic E-state index is 0.115. The van der Waals surface area contributed by atoms with Crippen molar-refractivity contribution >= 4 is 22.8 Å². The Hall–Kier alpha value is -1.40. The largest absolute Gasteiger partial charge is 0.474 e. The molecule has 2 heterocycles. The minimum Gasteiger partial charge on any atom is -0.474 e.